The van der Waals surface area contributed by atoms with E-state index in [0.29, 0.717) is 33.1 Å². The molecule has 2 aromatic carbocycles. The Morgan fingerprint density at radius 3 is 2.65 bits per heavy atom. The zero-order chi connectivity index (χ0) is 26.3. The zero-order valence-corrected chi connectivity index (χ0v) is 21.6. The molecule has 0 fully saturated rings. The molecule has 1 amide bonds. The summed E-state index contributed by atoms with van der Waals surface area (Å²) < 4.78 is 31.4. The van der Waals surface area contributed by atoms with Crippen molar-refractivity contribution in [2.45, 2.75) is 33.0 Å². The van der Waals surface area contributed by atoms with E-state index >= 15 is 4.39 Å². The highest BCUT2D eigenvalue weighted by molar-refractivity contribution is 8.10. The summed E-state index contributed by atoms with van der Waals surface area (Å²) in [6.45, 7) is 9.70. The van der Waals surface area contributed by atoms with Gasteiger partial charge in [-0.15, -0.1) is 0 Å². The third-order valence-electron chi connectivity index (χ3n) is 6.55. The lowest BCUT2D eigenvalue weighted by Crippen LogP contribution is -2.40. The molecule has 0 N–H and O–H groups in total. The fraction of sp³-hybridized carbons (Fsp3) is 0.207. The second kappa shape index (κ2) is 9.94. The van der Waals surface area contributed by atoms with Crippen LogP contribution in [0.1, 0.15) is 58.9 Å². The minimum absolute atomic E-state index is 0.0629. The second-order valence-electron chi connectivity index (χ2n) is 9.05. The number of rotatable bonds is 5. The van der Waals surface area contributed by atoms with E-state index in [0.717, 1.165) is 11.1 Å². The Kier molecular flexibility index (Phi) is 6.69. The van der Waals surface area contributed by atoms with E-state index in [4.69, 9.17) is 0 Å². The molecule has 0 aliphatic carbocycles. The smallest absolute Gasteiger partial charge is 0.273 e. The molecule has 0 radical (unpaired) electrons. The van der Waals surface area contributed by atoms with E-state index in [1.807, 2.05) is 50.5 Å². The maximum absolute atomic E-state index is 15.0. The number of allylic oxidation sites excluding steroid dienone is 1. The number of thioether (sulfide) groups is 1. The molecule has 5 rings (SSSR count). The molecule has 2 unspecified atom stereocenters. The van der Waals surface area contributed by atoms with Gasteiger partial charge in [-0.1, -0.05) is 54.7 Å². The van der Waals surface area contributed by atoms with Gasteiger partial charge in [0.1, 0.15) is 17.7 Å². The predicted octanol–water partition coefficient (Wildman–Crippen LogP) is 7.31. The van der Waals surface area contributed by atoms with Crippen LogP contribution < -0.4 is 0 Å². The highest BCUT2D eigenvalue weighted by Gasteiger charge is 2.34. The van der Waals surface area contributed by atoms with E-state index in [2.05, 4.69) is 16.7 Å². The fourth-order valence-electron chi connectivity index (χ4n) is 4.63. The van der Waals surface area contributed by atoms with Crippen molar-refractivity contribution < 1.29 is 13.6 Å². The fourth-order valence-corrected chi connectivity index (χ4v) is 5.20. The van der Waals surface area contributed by atoms with Crippen molar-refractivity contribution >= 4 is 28.2 Å². The van der Waals surface area contributed by atoms with E-state index in [1.54, 1.807) is 34.8 Å². The summed E-state index contributed by atoms with van der Waals surface area (Å²) in [6, 6.07) is 15.2. The molecule has 0 spiro atoms. The first kappa shape index (κ1) is 24.9. The van der Waals surface area contributed by atoms with Crippen molar-refractivity contribution in [3.8, 4) is 11.3 Å². The van der Waals surface area contributed by atoms with Crippen LogP contribution in [-0.4, -0.2) is 31.9 Å². The zero-order valence-electron chi connectivity index (χ0n) is 20.8. The molecule has 1 aliphatic rings. The second-order valence-corrected chi connectivity index (χ2v) is 10.1. The molecule has 3 heterocycles. The summed E-state index contributed by atoms with van der Waals surface area (Å²) in [7, 11) is 0. The van der Waals surface area contributed by atoms with Crippen molar-refractivity contribution in [3.63, 3.8) is 0 Å². The Morgan fingerprint density at radius 1 is 1.16 bits per heavy atom. The number of aromatic nitrogens is 3. The minimum atomic E-state index is -1.29. The lowest BCUT2D eigenvalue weighted by molar-refractivity contribution is 0.0585. The lowest BCUT2D eigenvalue weighted by Gasteiger charge is -2.36. The van der Waals surface area contributed by atoms with E-state index in [1.165, 1.54) is 22.7 Å². The number of carbonyl (C=O) groups excluding carboxylic acids is 1. The topological polar surface area (TPSA) is 50.5 Å². The van der Waals surface area contributed by atoms with Gasteiger partial charge in [0.15, 0.2) is 5.65 Å². The molecule has 8 heteroatoms. The molecule has 37 heavy (non-hydrogen) atoms. The molecule has 5 nitrogen and oxygen atoms in total. The number of aryl methyl sites for hydroxylation is 1. The third kappa shape index (κ3) is 4.57. The van der Waals surface area contributed by atoms with Crippen molar-refractivity contribution in [2.75, 3.05) is 6.54 Å². The predicted molar refractivity (Wildman–Crippen MR) is 144 cm³/mol. The average Bonchev–Trinajstić information content (AvgIpc) is 3.32. The van der Waals surface area contributed by atoms with Crippen LogP contribution in [0.15, 0.2) is 72.7 Å². The first-order chi connectivity index (χ1) is 17.8. The standard InChI is InChI=1S/C29H26F2N4OS/c1-5-12-37-19(4)27-14-26(29(36)34-16-24(31)21-9-7-6-8-20(21)18(34)3)32-28-15-25(33-35(27)28)22-11-10-17(2)13-23(22)30/h5-15,18,24H,4,16H2,1-3H3/b12-5-. The molecule has 0 saturated heterocycles. The first-order valence-corrected chi connectivity index (χ1v) is 12.8. The molecule has 1 aliphatic heterocycles. The summed E-state index contributed by atoms with van der Waals surface area (Å²) in [5, 5.41) is 6.48. The number of hydrogen-bond acceptors (Lipinski definition) is 4. The number of amides is 1. The van der Waals surface area contributed by atoms with Gasteiger partial charge in [-0.25, -0.2) is 18.3 Å². The normalized spacial score (nSPS) is 17.4. The van der Waals surface area contributed by atoms with Gasteiger partial charge in [0, 0.05) is 16.5 Å². The van der Waals surface area contributed by atoms with Gasteiger partial charge >= 0.3 is 0 Å². The average molecular weight is 517 g/mol. The van der Waals surface area contributed by atoms with Crippen molar-refractivity contribution in [1.29, 1.82) is 0 Å². The highest BCUT2D eigenvalue weighted by Crippen LogP contribution is 2.37. The molecular formula is C29H26F2N4OS. The third-order valence-corrected chi connectivity index (χ3v) is 7.45. The Morgan fingerprint density at radius 2 is 1.92 bits per heavy atom. The minimum Gasteiger partial charge on any atom is -0.327 e. The quantitative estimate of drug-likeness (QED) is 0.279. The number of nitrogens with zero attached hydrogens (tertiary/aromatic N) is 4. The SMILES string of the molecule is C=C(S/C=C\C)c1cc(C(=O)N2CC(F)c3ccccc3C2C)nc2cc(-c3ccc(C)cc3F)nn12. The van der Waals surface area contributed by atoms with Gasteiger partial charge < -0.3 is 4.90 Å². The van der Waals surface area contributed by atoms with E-state index < -0.39 is 12.0 Å². The number of hydrogen-bond donors (Lipinski definition) is 0. The number of carbonyl (C=O) groups is 1. The van der Waals surface area contributed by atoms with Crippen LogP contribution in [0.3, 0.4) is 0 Å². The molecule has 0 bridgehead atoms. The van der Waals surface area contributed by atoms with Gasteiger partial charge in [0.2, 0.25) is 0 Å². The lowest BCUT2D eigenvalue weighted by atomic mass is 9.92. The summed E-state index contributed by atoms with van der Waals surface area (Å²) in [5.41, 5.74) is 4.00. The summed E-state index contributed by atoms with van der Waals surface area (Å²) in [6.07, 6.45) is 0.593. The molecule has 0 saturated carbocycles. The van der Waals surface area contributed by atoms with Crippen molar-refractivity contribution in [1.82, 2.24) is 19.5 Å². The Hall–Kier alpha value is -3.78. The van der Waals surface area contributed by atoms with Crippen molar-refractivity contribution in [3.05, 3.63) is 107 Å². The summed E-state index contributed by atoms with van der Waals surface area (Å²) in [5.74, 6) is -0.778. The van der Waals surface area contributed by atoms with Crippen LogP contribution in [0, 0.1) is 12.7 Å². The molecule has 4 aromatic rings. The van der Waals surface area contributed by atoms with Crippen LogP contribution in [0.25, 0.3) is 21.8 Å². The summed E-state index contributed by atoms with van der Waals surface area (Å²) >= 11 is 1.38. The largest absolute Gasteiger partial charge is 0.327 e. The maximum atomic E-state index is 15.0. The van der Waals surface area contributed by atoms with Gasteiger partial charge in [-0.2, -0.15) is 5.10 Å². The van der Waals surface area contributed by atoms with E-state index in [-0.39, 0.29) is 24.2 Å². The van der Waals surface area contributed by atoms with Gasteiger partial charge in [-0.3, -0.25) is 4.79 Å². The van der Waals surface area contributed by atoms with Crippen LogP contribution in [-0.2, 0) is 0 Å². The number of benzene rings is 2. The monoisotopic (exact) mass is 516 g/mol. The highest BCUT2D eigenvalue weighted by atomic mass is 32.2. The Labute approximate surface area is 218 Å². The van der Waals surface area contributed by atoms with Gasteiger partial charge in [-0.05, 0) is 61.1 Å². The Bertz CT molecular complexity index is 1560. The van der Waals surface area contributed by atoms with Gasteiger partial charge in [0.05, 0.1) is 24.0 Å². The maximum Gasteiger partial charge on any atom is 0.273 e. The molecule has 188 valence electrons. The van der Waals surface area contributed by atoms with Gasteiger partial charge in [0.25, 0.3) is 5.91 Å². The first-order valence-electron chi connectivity index (χ1n) is 12.0. The van der Waals surface area contributed by atoms with Crippen LogP contribution >= 0.6 is 11.8 Å². The summed E-state index contributed by atoms with van der Waals surface area (Å²) in [4.78, 5) is 20.4. The van der Waals surface area contributed by atoms with Crippen LogP contribution in [0.4, 0.5) is 8.78 Å². The molecule has 2 atom stereocenters. The number of halogens is 2. The number of fused-ring (bicyclic) bond motifs is 2. The van der Waals surface area contributed by atoms with E-state index in [9.17, 15) is 9.18 Å². The Balaban J connectivity index is 1.61. The molecule has 2 aromatic heterocycles. The van der Waals surface area contributed by atoms with Crippen molar-refractivity contribution in [2.24, 2.45) is 0 Å². The van der Waals surface area contributed by atoms with Crippen LogP contribution in [0.5, 0.6) is 0 Å². The molecular weight excluding hydrogens is 490 g/mol. The van der Waals surface area contributed by atoms with Crippen LogP contribution in [0.2, 0.25) is 0 Å². The number of alkyl halides is 1.